The van der Waals surface area contributed by atoms with E-state index in [1.807, 2.05) is 51.1 Å². The lowest BCUT2D eigenvalue weighted by atomic mass is 9.94. The van der Waals surface area contributed by atoms with Gasteiger partial charge in [0.15, 0.2) is 4.80 Å². The van der Waals surface area contributed by atoms with Gasteiger partial charge in [0.1, 0.15) is 11.8 Å². The van der Waals surface area contributed by atoms with E-state index in [-0.39, 0.29) is 11.5 Å². The molecule has 1 atom stereocenters. The number of para-hydroxylation sites is 1. The number of ether oxygens (including phenoxy) is 1. The normalized spacial score (nSPS) is 17.4. The Balaban J connectivity index is 1.65. The third-order valence-electron chi connectivity index (χ3n) is 7.40. The topological polar surface area (TPSA) is 67.1 Å². The van der Waals surface area contributed by atoms with Crippen LogP contribution in [-0.2, 0) is 4.79 Å². The lowest BCUT2D eigenvalue weighted by Crippen LogP contribution is -2.43. The quantitative estimate of drug-likeness (QED) is 0.467. The van der Waals surface area contributed by atoms with Gasteiger partial charge < -0.3 is 14.5 Å². The van der Waals surface area contributed by atoms with Crippen molar-refractivity contribution in [2.24, 2.45) is 4.99 Å². The molecule has 198 valence electrons. The molecule has 0 aliphatic carbocycles. The number of carbonyl (C=O) groups is 1. The third kappa shape index (κ3) is 4.69. The van der Waals surface area contributed by atoms with Gasteiger partial charge in [-0.2, -0.15) is 0 Å². The van der Waals surface area contributed by atoms with Crippen LogP contribution in [0.1, 0.15) is 50.8 Å². The highest BCUT2D eigenvalue weighted by Crippen LogP contribution is 2.36. The largest absolute Gasteiger partial charge is 0.496 e. The second kappa shape index (κ2) is 11.0. The van der Waals surface area contributed by atoms with Crippen LogP contribution in [0.15, 0.2) is 69.6 Å². The van der Waals surface area contributed by atoms with Crippen LogP contribution in [0, 0.1) is 0 Å². The monoisotopic (exact) mass is 530 g/mol. The number of benzene rings is 2. The number of rotatable bonds is 7. The number of hydrogen-bond donors (Lipinski definition) is 0. The minimum absolute atomic E-state index is 0.112. The number of nitrogens with zero attached hydrogens (tertiary/aromatic N) is 4. The smallest absolute Gasteiger partial charge is 0.271 e. The molecule has 0 radical (unpaired) electrons. The predicted octanol–water partition coefficient (Wildman–Crippen LogP) is 3.71. The number of amides is 1. The molecular weight excluding hydrogens is 496 g/mol. The van der Waals surface area contributed by atoms with Gasteiger partial charge in [-0.3, -0.25) is 14.2 Å². The summed E-state index contributed by atoms with van der Waals surface area (Å²) in [5.74, 6) is 0.517. The number of carbonyl (C=O) groups excluding carboxylic acids is 1. The average Bonchev–Trinajstić information content (AvgIpc) is 3.57. The van der Waals surface area contributed by atoms with Crippen LogP contribution >= 0.6 is 11.3 Å². The number of allylic oxidation sites excluding steroid dienone is 1. The minimum Gasteiger partial charge on any atom is -0.496 e. The van der Waals surface area contributed by atoms with Crippen LogP contribution in [0.3, 0.4) is 0 Å². The second-order valence-corrected chi connectivity index (χ2v) is 10.6. The van der Waals surface area contributed by atoms with Gasteiger partial charge in [0.25, 0.3) is 11.5 Å². The Morgan fingerprint density at radius 2 is 1.79 bits per heavy atom. The van der Waals surface area contributed by atoms with Crippen molar-refractivity contribution >= 4 is 29.0 Å². The molecule has 3 aromatic rings. The first-order valence-corrected chi connectivity index (χ1v) is 14.1. The zero-order chi connectivity index (χ0) is 26.8. The molecule has 1 saturated heterocycles. The van der Waals surface area contributed by atoms with E-state index < -0.39 is 6.04 Å². The first-order chi connectivity index (χ1) is 18.5. The molecule has 0 N–H and O–H groups in total. The Labute approximate surface area is 227 Å². The number of hydrogen-bond acceptors (Lipinski definition) is 6. The van der Waals surface area contributed by atoms with Crippen molar-refractivity contribution in [1.82, 2.24) is 9.47 Å². The second-order valence-electron chi connectivity index (χ2n) is 9.59. The minimum atomic E-state index is -0.629. The first kappa shape index (κ1) is 26.0. The van der Waals surface area contributed by atoms with Crippen molar-refractivity contribution in [3.63, 3.8) is 0 Å². The molecule has 0 spiro atoms. The molecule has 1 amide bonds. The zero-order valence-corrected chi connectivity index (χ0v) is 23.3. The maximum absolute atomic E-state index is 13.9. The molecule has 0 bridgehead atoms. The maximum atomic E-state index is 13.9. The fourth-order valence-electron chi connectivity index (χ4n) is 5.37. The van der Waals surface area contributed by atoms with Gasteiger partial charge in [-0.25, -0.2) is 4.99 Å². The fraction of sp³-hybridized carbons (Fsp3) is 0.367. The summed E-state index contributed by atoms with van der Waals surface area (Å²) in [5.41, 5.74) is 3.91. The van der Waals surface area contributed by atoms with E-state index in [0.29, 0.717) is 39.4 Å². The van der Waals surface area contributed by atoms with Crippen LogP contribution in [0.2, 0.25) is 0 Å². The number of fused-ring (bicyclic) bond motifs is 1. The van der Waals surface area contributed by atoms with Crippen LogP contribution < -0.4 is 24.5 Å². The van der Waals surface area contributed by atoms with Gasteiger partial charge >= 0.3 is 0 Å². The summed E-state index contributed by atoms with van der Waals surface area (Å²) in [6, 6.07) is 15.3. The fourth-order valence-corrected chi connectivity index (χ4v) is 6.42. The van der Waals surface area contributed by atoms with E-state index in [0.717, 1.165) is 24.2 Å². The highest BCUT2D eigenvalue weighted by molar-refractivity contribution is 7.07. The number of anilines is 1. The Morgan fingerprint density at radius 1 is 1.11 bits per heavy atom. The lowest BCUT2D eigenvalue weighted by molar-refractivity contribution is -0.127. The molecule has 0 unspecified atom stereocenters. The Bertz CT molecular complexity index is 1540. The Morgan fingerprint density at radius 3 is 2.45 bits per heavy atom. The summed E-state index contributed by atoms with van der Waals surface area (Å²) in [5, 5.41) is 0. The number of likely N-dealkylation sites (N-methyl/N-ethyl adjacent to an activating group) is 1. The van der Waals surface area contributed by atoms with Gasteiger partial charge in [0.05, 0.1) is 22.9 Å². The summed E-state index contributed by atoms with van der Waals surface area (Å²) in [7, 11) is 1.61. The summed E-state index contributed by atoms with van der Waals surface area (Å²) in [6.07, 6.45) is 4.38. The zero-order valence-electron chi connectivity index (χ0n) is 22.4. The first-order valence-electron chi connectivity index (χ1n) is 13.3. The summed E-state index contributed by atoms with van der Waals surface area (Å²) in [6.45, 7) is 9.10. The van der Waals surface area contributed by atoms with Crippen molar-refractivity contribution in [3.05, 3.63) is 90.6 Å². The van der Waals surface area contributed by atoms with E-state index >= 15 is 0 Å². The van der Waals surface area contributed by atoms with Crippen LogP contribution in [0.4, 0.5) is 5.69 Å². The molecule has 2 aliphatic rings. The highest BCUT2D eigenvalue weighted by Gasteiger charge is 2.35. The molecule has 3 heterocycles. The van der Waals surface area contributed by atoms with Gasteiger partial charge in [-0.15, -0.1) is 0 Å². The molecule has 2 aliphatic heterocycles. The summed E-state index contributed by atoms with van der Waals surface area (Å²) >= 11 is 1.35. The van der Waals surface area contributed by atoms with Crippen LogP contribution in [0.25, 0.3) is 6.08 Å². The van der Waals surface area contributed by atoms with Crippen molar-refractivity contribution in [2.75, 3.05) is 38.2 Å². The molecule has 38 heavy (non-hydrogen) atoms. The molecule has 2 aromatic carbocycles. The lowest BCUT2D eigenvalue weighted by Gasteiger charge is -2.29. The van der Waals surface area contributed by atoms with E-state index in [1.54, 1.807) is 16.6 Å². The Kier molecular flexibility index (Phi) is 7.51. The van der Waals surface area contributed by atoms with Crippen molar-refractivity contribution in [2.45, 2.75) is 39.7 Å². The number of aromatic nitrogens is 1. The number of thiazole rings is 1. The van der Waals surface area contributed by atoms with Crippen molar-refractivity contribution in [3.8, 4) is 5.75 Å². The van der Waals surface area contributed by atoms with E-state index in [1.165, 1.54) is 29.9 Å². The van der Waals surface area contributed by atoms with Crippen LogP contribution in [0.5, 0.6) is 5.75 Å². The van der Waals surface area contributed by atoms with Crippen LogP contribution in [-0.4, -0.2) is 48.7 Å². The van der Waals surface area contributed by atoms with Crippen molar-refractivity contribution < 1.29 is 9.53 Å². The molecule has 1 aromatic heterocycles. The number of methoxy groups -OCH3 is 1. The molecule has 1 fully saturated rings. The van der Waals surface area contributed by atoms with Crippen molar-refractivity contribution in [1.29, 1.82) is 0 Å². The average molecular weight is 531 g/mol. The molecule has 0 saturated carbocycles. The highest BCUT2D eigenvalue weighted by atomic mass is 32.1. The molecule has 8 heteroatoms. The summed E-state index contributed by atoms with van der Waals surface area (Å²) in [4.78, 5) is 37.2. The van der Waals surface area contributed by atoms with Gasteiger partial charge in [0, 0.05) is 37.4 Å². The SMILES string of the molecule is CCN(CC)C(=O)C1=C(C)N=c2s/c(=C\c3ccc(N4CCCC4)cc3)c(=O)n2[C@H]1c1ccccc1OC. The predicted molar refractivity (Wildman–Crippen MR) is 153 cm³/mol. The van der Waals surface area contributed by atoms with E-state index in [4.69, 9.17) is 9.73 Å². The molecule has 7 nitrogen and oxygen atoms in total. The van der Waals surface area contributed by atoms with E-state index in [9.17, 15) is 9.59 Å². The maximum Gasteiger partial charge on any atom is 0.271 e. The van der Waals surface area contributed by atoms with E-state index in [2.05, 4.69) is 29.2 Å². The summed E-state index contributed by atoms with van der Waals surface area (Å²) < 4.78 is 7.93. The third-order valence-corrected chi connectivity index (χ3v) is 8.38. The van der Waals surface area contributed by atoms with Gasteiger partial charge in [-0.1, -0.05) is 41.7 Å². The molecule has 5 rings (SSSR count). The molecular formula is C30H34N4O3S. The standard InChI is InChI=1S/C30H34N4O3S/c1-5-32(6-2)29(36)26-20(3)31-30-34(27(26)23-11-7-8-12-24(23)37-4)28(35)25(38-30)19-21-13-15-22(16-14-21)33-17-9-10-18-33/h7-8,11-16,19,27H,5-6,9-10,17-18H2,1-4H3/b25-19-/t27-/m0/s1. The Hall–Kier alpha value is -3.65. The van der Waals surface area contributed by atoms with Gasteiger partial charge in [0.2, 0.25) is 0 Å². The van der Waals surface area contributed by atoms with Gasteiger partial charge in [-0.05, 0) is 63.5 Å².